The van der Waals surface area contributed by atoms with Gasteiger partial charge in [0.1, 0.15) is 0 Å². The largest absolute Gasteiger partial charge is 0.353 e. The average Bonchev–Trinajstić information content (AvgIpc) is 2.37. The van der Waals surface area contributed by atoms with Gasteiger partial charge in [0.2, 0.25) is 5.91 Å². The summed E-state index contributed by atoms with van der Waals surface area (Å²) in [7, 11) is 0. The number of hydrogen-bond acceptors (Lipinski definition) is 2. The van der Waals surface area contributed by atoms with E-state index in [0.29, 0.717) is 17.8 Å². The number of nitrogens with zero attached hydrogens (tertiary/aromatic N) is 1. The second-order valence-electron chi connectivity index (χ2n) is 8.70. The lowest BCUT2D eigenvalue weighted by molar-refractivity contribution is -0.320. The first-order valence-corrected chi connectivity index (χ1v) is 8.83. The molecule has 2 rings (SSSR count). The Balaban J connectivity index is 2.32. The monoisotopic (exact) mass is 309 g/mol. The first kappa shape index (κ1) is 17.7. The highest BCUT2D eigenvalue weighted by molar-refractivity contribution is 5.73. The van der Waals surface area contributed by atoms with Gasteiger partial charge >= 0.3 is 0 Å². The zero-order valence-corrected chi connectivity index (χ0v) is 15.1. The van der Waals surface area contributed by atoms with Gasteiger partial charge in [-0.3, -0.25) is 4.79 Å². The van der Waals surface area contributed by atoms with Gasteiger partial charge in [-0.2, -0.15) is 0 Å². The van der Waals surface area contributed by atoms with Crippen molar-refractivity contribution in [3.8, 4) is 0 Å². The van der Waals surface area contributed by atoms with Gasteiger partial charge in [0.25, 0.3) is 0 Å². The molecule has 1 spiro atoms. The summed E-state index contributed by atoms with van der Waals surface area (Å²) < 4.78 is 0. The summed E-state index contributed by atoms with van der Waals surface area (Å²) >= 11 is 0. The molecule has 4 nitrogen and oxygen atoms in total. The molecule has 0 bridgehead atoms. The summed E-state index contributed by atoms with van der Waals surface area (Å²) in [5.74, 6) is 1.62. The second kappa shape index (κ2) is 6.12. The second-order valence-corrected chi connectivity index (χ2v) is 8.70. The van der Waals surface area contributed by atoms with E-state index in [4.69, 9.17) is 0 Å². The Labute approximate surface area is 135 Å². The van der Waals surface area contributed by atoms with E-state index in [1.165, 1.54) is 11.5 Å². The van der Waals surface area contributed by atoms with Crippen molar-refractivity contribution >= 4 is 5.91 Å². The Bertz CT molecular complexity index is 421. The summed E-state index contributed by atoms with van der Waals surface area (Å²) in [6.45, 7) is 12.4. The molecule has 1 saturated heterocycles. The summed E-state index contributed by atoms with van der Waals surface area (Å²) in [6, 6.07) is 0.117. The van der Waals surface area contributed by atoms with Crippen LogP contribution in [0.2, 0.25) is 0 Å². The smallest absolute Gasteiger partial charge is 0.217 e. The highest BCUT2D eigenvalue weighted by Gasteiger charge is 2.56. The fraction of sp³-hybridized carbons (Fsp3) is 0.944. The number of hydroxylamine groups is 2. The van der Waals surface area contributed by atoms with Crippen LogP contribution in [-0.4, -0.2) is 28.1 Å². The van der Waals surface area contributed by atoms with E-state index in [0.717, 1.165) is 25.7 Å². The number of nitrogens with one attached hydrogen (secondary N) is 1. The Kier molecular flexibility index (Phi) is 4.94. The third-order valence-corrected chi connectivity index (χ3v) is 6.15. The van der Waals surface area contributed by atoms with Gasteiger partial charge in [-0.15, -0.1) is 10.3 Å². The summed E-state index contributed by atoms with van der Waals surface area (Å²) in [5, 5.41) is 17.7. The van der Waals surface area contributed by atoms with Crippen LogP contribution in [0.25, 0.3) is 0 Å². The lowest BCUT2D eigenvalue weighted by atomic mass is 9.60. The van der Waals surface area contributed by atoms with Crippen molar-refractivity contribution in [2.75, 3.05) is 0 Å². The lowest BCUT2D eigenvalue weighted by Gasteiger charge is -2.58. The molecule has 1 N–H and O–H groups in total. The molecule has 0 aromatic heterocycles. The van der Waals surface area contributed by atoms with E-state index < -0.39 is 5.54 Å². The number of carbonyl (C=O) groups is 1. The molecule has 1 aliphatic carbocycles. The normalized spacial score (nSPS) is 39.2. The molecule has 1 heterocycles. The Morgan fingerprint density at radius 3 is 2.36 bits per heavy atom. The molecule has 1 amide bonds. The molecule has 1 saturated carbocycles. The average molecular weight is 309 g/mol. The fourth-order valence-electron chi connectivity index (χ4n) is 4.89. The van der Waals surface area contributed by atoms with Crippen LogP contribution < -0.4 is 5.32 Å². The molecule has 127 valence electrons. The zero-order valence-electron chi connectivity index (χ0n) is 15.1. The van der Waals surface area contributed by atoms with Crippen LogP contribution in [0.4, 0.5) is 0 Å². The minimum absolute atomic E-state index is 0.0131. The van der Waals surface area contributed by atoms with E-state index >= 15 is 0 Å². The Morgan fingerprint density at radius 2 is 1.82 bits per heavy atom. The third-order valence-electron chi connectivity index (χ3n) is 6.15. The number of carbonyl (C=O) groups excluding carboxylic acids is 1. The maximum absolute atomic E-state index is 13.2. The van der Waals surface area contributed by atoms with E-state index in [1.807, 2.05) is 13.8 Å². The molecule has 2 aliphatic rings. The maximum atomic E-state index is 13.2. The predicted octanol–water partition coefficient (Wildman–Crippen LogP) is 3.54. The van der Waals surface area contributed by atoms with Crippen LogP contribution in [0.15, 0.2) is 0 Å². The summed E-state index contributed by atoms with van der Waals surface area (Å²) in [5.41, 5.74) is -0.736. The molecule has 4 heteroatoms. The predicted molar refractivity (Wildman–Crippen MR) is 87.5 cm³/mol. The van der Waals surface area contributed by atoms with Crippen molar-refractivity contribution in [1.29, 1.82) is 0 Å². The lowest BCUT2D eigenvalue weighted by Crippen LogP contribution is -2.68. The van der Waals surface area contributed by atoms with Crippen molar-refractivity contribution in [1.82, 2.24) is 10.4 Å². The molecule has 1 aliphatic heterocycles. The van der Waals surface area contributed by atoms with Gasteiger partial charge in [-0.1, -0.05) is 20.8 Å². The highest BCUT2D eigenvalue weighted by Crippen LogP contribution is 2.51. The van der Waals surface area contributed by atoms with Crippen LogP contribution in [0.1, 0.15) is 73.6 Å². The third kappa shape index (κ3) is 3.18. The molecule has 4 atom stereocenters. The maximum Gasteiger partial charge on any atom is 0.217 e. The van der Waals surface area contributed by atoms with Gasteiger partial charge in [-0.25, -0.2) is 0 Å². The van der Waals surface area contributed by atoms with Gasteiger partial charge in [0, 0.05) is 18.5 Å². The molecule has 1 unspecified atom stereocenters. The van der Waals surface area contributed by atoms with Crippen molar-refractivity contribution < 1.29 is 10.0 Å². The van der Waals surface area contributed by atoms with Gasteiger partial charge in [0.15, 0.2) is 0 Å². The van der Waals surface area contributed by atoms with E-state index in [1.54, 1.807) is 6.92 Å². The first-order valence-electron chi connectivity index (χ1n) is 8.83. The molecular formula is C18H33N2O2. The van der Waals surface area contributed by atoms with Gasteiger partial charge in [-0.05, 0) is 63.7 Å². The molecule has 0 aromatic rings. The summed E-state index contributed by atoms with van der Waals surface area (Å²) in [4.78, 5) is 11.5. The van der Waals surface area contributed by atoms with Crippen LogP contribution in [0.3, 0.4) is 0 Å². The van der Waals surface area contributed by atoms with Crippen LogP contribution in [-0.2, 0) is 10.0 Å². The fourth-order valence-corrected chi connectivity index (χ4v) is 4.89. The molecule has 0 aromatic carbocycles. The van der Waals surface area contributed by atoms with Crippen LogP contribution in [0, 0.1) is 17.8 Å². The van der Waals surface area contributed by atoms with Gasteiger partial charge in [0.05, 0.1) is 5.54 Å². The van der Waals surface area contributed by atoms with Crippen molar-refractivity contribution in [3.63, 3.8) is 0 Å². The Hall–Kier alpha value is -0.610. The van der Waals surface area contributed by atoms with Crippen molar-refractivity contribution in [2.24, 2.45) is 17.8 Å². The highest BCUT2D eigenvalue weighted by atomic mass is 16.5. The zero-order chi connectivity index (χ0) is 16.7. The topological polar surface area (TPSA) is 52.2 Å². The standard InChI is InChI=1S/C18H33N2O2/c1-12(2)15-8-7-13(3)18(9-15)11-16(19-14(4)21)10-17(5,6)20(18)22/h12-13,15-16H,7-11H2,1-6H3,(H,19,21)/t13-,15-,16?,18-/m1/s1. The minimum Gasteiger partial charge on any atom is -0.353 e. The van der Waals surface area contributed by atoms with Crippen molar-refractivity contribution in [3.05, 3.63) is 0 Å². The number of hydrogen-bond donors (Lipinski definition) is 1. The van der Waals surface area contributed by atoms with Crippen LogP contribution >= 0.6 is 0 Å². The van der Waals surface area contributed by atoms with Crippen molar-refractivity contribution in [2.45, 2.75) is 90.8 Å². The van der Waals surface area contributed by atoms with E-state index in [9.17, 15) is 10.0 Å². The number of amides is 1. The molecule has 2 fully saturated rings. The van der Waals surface area contributed by atoms with Crippen LogP contribution in [0.5, 0.6) is 0 Å². The van der Waals surface area contributed by atoms with E-state index in [2.05, 4.69) is 26.1 Å². The first-order chi connectivity index (χ1) is 10.1. The molecular weight excluding hydrogens is 276 g/mol. The SMILES string of the molecule is CC(=O)NC1CC(C)(C)N([O])[C@@]2(C1)C[C@H](C(C)C)CC[C@H]2C. The minimum atomic E-state index is -0.418. The number of rotatable bonds is 2. The van der Waals surface area contributed by atoms with E-state index in [-0.39, 0.29) is 17.5 Å². The van der Waals surface area contributed by atoms with Gasteiger partial charge < -0.3 is 5.32 Å². The molecule has 1 radical (unpaired) electrons. The molecule has 22 heavy (non-hydrogen) atoms. The number of piperidine rings is 1. The quantitative estimate of drug-likeness (QED) is 0.848. The summed E-state index contributed by atoms with van der Waals surface area (Å²) in [6.07, 6.45) is 4.83. The Morgan fingerprint density at radius 1 is 1.18 bits per heavy atom.